The predicted octanol–water partition coefficient (Wildman–Crippen LogP) is 2.29. The molecule has 8 heteroatoms. The number of hydrogen-bond acceptors (Lipinski definition) is 6. The van der Waals surface area contributed by atoms with Crippen LogP contribution in [-0.2, 0) is 0 Å². The van der Waals surface area contributed by atoms with E-state index < -0.39 is 6.04 Å². The van der Waals surface area contributed by atoms with E-state index in [2.05, 4.69) is 30.6 Å². The van der Waals surface area contributed by atoms with Gasteiger partial charge in [0.25, 0.3) is 5.91 Å². The molecule has 3 rings (SSSR count). The summed E-state index contributed by atoms with van der Waals surface area (Å²) < 4.78 is 5.30. The first-order chi connectivity index (χ1) is 11.5. The highest BCUT2D eigenvalue weighted by molar-refractivity contribution is 5.94. The number of benzene rings is 1. The maximum Gasteiger partial charge on any atom is 0.251 e. The van der Waals surface area contributed by atoms with Crippen molar-refractivity contribution in [1.82, 2.24) is 30.6 Å². The lowest BCUT2D eigenvalue weighted by Crippen LogP contribution is -2.32. The van der Waals surface area contributed by atoms with E-state index in [0.29, 0.717) is 23.1 Å². The molecule has 0 aliphatic heterocycles. The molecule has 0 unspecified atom stereocenters. The van der Waals surface area contributed by atoms with Crippen LogP contribution in [0, 0.1) is 12.8 Å². The van der Waals surface area contributed by atoms with Crippen LogP contribution in [0.3, 0.4) is 0 Å². The van der Waals surface area contributed by atoms with E-state index in [4.69, 9.17) is 4.52 Å². The summed E-state index contributed by atoms with van der Waals surface area (Å²) in [7, 11) is 0. The van der Waals surface area contributed by atoms with Crippen molar-refractivity contribution in [3.8, 4) is 11.6 Å². The molecule has 1 atom stereocenters. The number of hydrogen-bond donors (Lipinski definition) is 2. The van der Waals surface area contributed by atoms with Crippen molar-refractivity contribution in [1.29, 1.82) is 0 Å². The number of amides is 1. The van der Waals surface area contributed by atoms with Crippen LogP contribution in [0.1, 0.15) is 41.7 Å². The van der Waals surface area contributed by atoms with E-state index in [1.165, 1.54) is 6.33 Å². The van der Waals surface area contributed by atoms with Gasteiger partial charge in [-0.25, -0.2) is 4.98 Å². The van der Waals surface area contributed by atoms with Crippen LogP contribution in [0.4, 0.5) is 0 Å². The molecule has 24 heavy (non-hydrogen) atoms. The lowest BCUT2D eigenvalue weighted by atomic mass is 10.0. The number of aryl methyl sites for hydroxylation is 1. The highest BCUT2D eigenvalue weighted by atomic mass is 16.5. The zero-order chi connectivity index (χ0) is 17.1. The molecule has 0 aliphatic rings. The lowest BCUT2D eigenvalue weighted by molar-refractivity contribution is 0.0914. The third-order valence-electron chi connectivity index (χ3n) is 3.60. The number of nitrogens with one attached hydrogen (secondary N) is 2. The van der Waals surface area contributed by atoms with Gasteiger partial charge in [0.1, 0.15) is 12.4 Å². The molecule has 2 heterocycles. The second-order valence-corrected chi connectivity index (χ2v) is 5.85. The quantitative estimate of drug-likeness (QED) is 0.744. The Labute approximate surface area is 138 Å². The van der Waals surface area contributed by atoms with E-state index in [1.807, 2.05) is 32.9 Å². The Bertz CT molecular complexity index is 807. The third kappa shape index (κ3) is 3.32. The van der Waals surface area contributed by atoms with E-state index in [1.54, 1.807) is 12.1 Å². The van der Waals surface area contributed by atoms with Crippen molar-refractivity contribution in [3.05, 3.63) is 47.6 Å². The Morgan fingerprint density at radius 3 is 2.62 bits per heavy atom. The van der Waals surface area contributed by atoms with Crippen LogP contribution in [0.2, 0.25) is 0 Å². The van der Waals surface area contributed by atoms with Crippen molar-refractivity contribution < 1.29 is 9.32 Å². The summed E-state index contributed by atoms with van der Waals surface area (Å²) >= 11 is 0. The molecule has 2 N–H and O–H groups in total. The molecule has 2 aromatic heterocycles. The first-order valence-corrected chi connectivity index (χ1v) is 7.61. The molecule has 0 saturated carbocycles. The summed E-state index contributed by atoms with van der Waals surface area (Å²) in [4.78, 5) is 20.7. The van der Waals surface area contributed by atoms with Gasteiger partial charge in [0, 0.05) is 5.56 Å². The summed E-state index contributed by atoms with van der Waals surface area (Å²) in [6, 6.07) is 6.97. The van der Waals surface area contributed by atoms with Gasteiger partial charge < -0.3 is 9.84 Å². The molecule has 1 aromatic carbocycles. The standard InChI is InChI=1S/C16H18N6O2/c1-9(2)12(19-15(23)11-6-4-10(3)5-7-11)16-20-14(22-24-16)13-17-8-18-21-13/h4-9,12H,1-3H3,(H,19,23)(H,17,18,21)/t12-/m1/s1. The van der Waals surface area contributed by atoms with Crippen molar-refractivity contribution >= 4 is 5.91 Å². The molecule has 0 radical (unpaired) electrons. The number of rotatable bonds is 5. The van der Waals surface area contributed by atoms with Crippen molar-refractivity contribution in [2.45, 2.75) is 26.8 Å². The van der Waals surface area contributed by atoms with Crippen LogP contribution in [0.25, 0.3) is 11.6 Å². The van der Waals surface area contributed by atoms with Crippen LogP contribution >= 0.6 is 0 Å². The average molecular weight is 326 g/mol. The van der Waals surface area contributed by atoms with Crippen molar-refractivity contribution in [2.24, 2.45) is 5.92 Å². The minimum atomic E-state index is -0.400. The number of carbonyl (C=O) groups excluding carboxylic acids is 1. The molecule has 8 nitrogen and oxygen atoms in total. The number of aromatic amines is 1. The Hall–Kier alpha value is -3.03. The summed E-state index contributed by atoms with van der Waals surface area (Å²) in [6.45, 7) is 5.92. The number of carbonyl (C=O) groups is 1. The smallest absolute Gasteiger partial charge is 0.251 e. The maximum atomic E-state index is 12.5. The average Bonchev–Trinajstić information content (AvgIpc) is 3.23. The van der Waals surface area contributed by atoms with Crippen LogP contribution in [-0.4, -0.2) is 31.2 Å². The summed E-state index contributed by atoms with van der Waals surface area (Å²) in [5.74, 6) is 0.933. The molecule has 0 aliphatic carbocycles. The van der Waals surface area contributed by atoms with E-state index in [9.17, 15) is 4.79 Å². The van der Waals surface area contributed by atoms with E-state index in [0.717, 1.165) is 5.56 Å². The fraction of sp³-hybridized carbons (Fsp3) is 0.312. The molecule has 0 fully saturated rings. The highest BCUT2D eigenvalue weighted by Crippen LogP contribution is 2.22. The van der Waals surface area contributed by atoms with Gasteiger partial charge in [-0.15, -0.1) is 0 Å². The van der Waals surface area contributed by atoms with Gasteiger partial charge >= 0.3 is 0 Å². The van der Waals surface area contributed by atoms with Crippen molar-refractivity contribution in [3.63, 3.8) is 0 Å². The minimum absolute atomic E-state index is 0.0717. The van der Waals surface area contributed by atoms with Crippen LogP contribution < -0.4 is 5.32 Å². The fourth-order valence-corrected chi connectivity index (χ4v) is 2.21. The summed E-state index contributed by atoms with van der Waals surface area (Å²) in [6.07, 6.45) is 1.37. The highest BCUT2D eigenvalue weighted by Gasteiger charge is 2.25. The van der Waals surface area contributed by atoms with Crippen LogP contribution in [0.5, 0.6) is 0 Å². The van der Waals surface area contributed by atoms with Gasteiger partial charge in [0.2, 0.25) is 11.7 Å². The second kappa shape index (κ2) is 6.61. The SMILES string of the molecule is Cc1ccc(C(=O)N[C@@H](c2nc(-c3ncn[nH]3)no2)C(C)C)cc1. The van der Waals surface area contributed by atoms with Gasteiger partial charge in [-0.2, -0.15) is 10.1 Å². The molecule has 124 valence electrons. The monoisotopic (exact) mass is 326 g/mol. The first kappa shape index (κ1) is 15.9. The topological polar surface area (TPSA) is 110 Å². The number of H-pyrrole nitrogens is 1. The normalized spacial score (nSPS) is 12.3. The predicted molar refractivity (Wildman–Crippen MR) is 85.9 cm³/mol. The third-order valence-corrected chi connectivity index (χ3v) is 3.60. The van der Waals surface area contributed by atoms with Gasteiger partial charge in [-0.1, -0.05) is 36.7 Å². The van der Waals surface area contributed by atoms with Gasteiger partial charge in [0.05, 0.1) is 0 Å². The first-order valence-electron chi connectivity index (χ1n) is 7.61. The maximum absolute atomic E-state index is 12.5. The Morgan fingerprint density at radius 2 is 2.00 bits per heavy atom. The second-order valence-electron chi connectivity index (χ2n) is 5.85. The zero-order valence-corrected chi connectivity index (χ0v) is 13.6. The zero-order valence-electron chi connectivity index (χ0n) is 13.6. The van der Waals surface area contributed by atoms with Gasteiger partial charge in [-0.05, 0) is 25.0 Å². The lowest BCUT2D eigenvalue weighted by Gasteiger charge is -2.18. The van der Waals surface area contributed by atoms with Gasteiger partial charge in [-0.3, -0.25) is 9.89 Å². The summed E-state index contributed by atoms with van der Waals surface area (Å²) in [5, 5.41) is 13.3. The van der Waals surface area contributed by atoms with Crippen molar-refractivity contribution in [2.75, 3.05) is 0 Å². The Kier molecular flexibility index (Phi) is 4.37. The summed E-state index contributed by atoms with van der Waals surface area (Å²) in [5.41, 5.74) is 1.68. The van der Waals surface area contributed by atoms with E-state index >= 15 is 0 Å². The van der Waals surface area contributed by atoms with Crippen LogP contribution in [0.15, 0.2) is 35.1 Å². The molecule has 1 amide bonds. The molecule has 0 bridgehead atoms. The largest absolute Gasteiger partial charge is 0.340 e. The minimum Gasteiger partial charge on any atom is -0.340 e. The molecular weight excluding hydrogens is 308 g/mol. The fourth-order valence-electron chi connectivity index (χ4n) is 2.21. The molecule has 0 saturated heterocycles. The Balaban J connectivity index is 1.80. The molecule has 3 aromatic rings. The van der Waals surface area contributed by atoms with Gasteiger partial charge in [0.15, 0.2) is 5.82 Å². The molecular formula is C16H18N6O2. The number of nitrogens with zero attached hydrogens (tertiary/aromatic N) is 4. The van der Waals surface area contributed by atoms with E-state index in [-0.39, 0.29) is 11.8 Å². The molecule has 0 spiro atoms. The number of aromatic nitrogens is 5. The Morgan fingerprint density at radius 1 is 1.25 bits per heavy atom.